The lowest BCUT2D eigenvalue weighted by Crippen LogP contribution is -2.30. The first kappa shape index (κ1) is 62.8. The number of rotatable bonds is 46. The van der Waals surface area contributed by atoms with Gasteiger partial charge in [0.2, 0.25) is 0 Å². The Kier molecular flexibility index (Phi) is 42.8. The Morgan fingerprint density at radius 2 is 1.03 bits per heavy atom. The van der Waals surface area contributed by atoms with Crippen LogP contribution in [0, 0.1) is 5.92 Å². The van der Waals surface area contributed by atoms with E-state index in [1.54, 1.807) is 42.5 Å². The predicted molar refractivity (Wildman–Crippen MR) is 260 cm³/mol. The number of phosphoric ester groups is 1. The summed E-state index contributed by atoms with van der Waals surface area (Å²) in [6, 6.07) is 0. The first-order valence-corrected chi connectivity index (χ1v) is 26.8. The number of unbranched alkanes of at least 4 members (excludes halogenated alkanes) is 19. The van der Waals surface area contributed by atoms with Crippen LogP contribution in [-0.4, -0.2) is 99.3 Å². The van der Waals surface area contributed by atoms with Crippen LogP contribution in [0.3, 0.4) is 0 Å². The highest BCUT2D eigenvalue weighted by Gasteiger charge is 2.27. The van der Waals surface area contributed by atoms with Gasteiger partial charge in [0.05, 0.1) is 38.1 Å². The second-order valence-corrected chi connectivity index (χ2v) is 19.1. The maximum absolute atomic E-state index is 12.7. The van der Waals surface area contributed by atoms with Crippen molar-refractivity contribution in [2.24, 2.45) is 5.92 Å². The quantitative estimate of drug-likeness (QED) is 0.0145. The molecule has 0 amide bonds. The molecule has 0 radical (unpaired) electrons. The van der Waals surface area contributed by atoms with Gasteiger partial charge >= 0.3 is 19.8 Å². The van der Waals surface area contributed by atoms with Gasteiger partial charge in [-0.05, 0) is 31.6 Å². The van der Waals surface area contributed by atoms with Gasteiger partial charge in [0.15, 0.2) is 6.10 Å². The standard InChI is InChI=1S/C51H93O13P/c1-4-6-27-34-45(53)35-29-24-21-22-25-30-36-48(55)49(56)37-32-39-50(57)61-42-47(43-63-65(59,60)62-41-46(54)40-52)64-51(58)38-31-26-20-18-16-14-12-10-8-7-9-11-13-15-17-19-23-28-33-44(3)5-2/h21-22,24-25,29-30,35-36,44-49,52-56H,4-20,23,26-28,31-34,37-43H2,1-3H3,(H,59,60)/b24-21-,25-22+,35-29+,36-30+/t44?,45-,46+,47-,48-,49-/m1/s1. The number of phosphoric acid groups is 1. The highest BCUT2D eigenvalue weighted by atomic mass is 31.2. The molecule has 0 spiro atoms. The fourth-order valence-electron chi connectivity index (χ4n) is 6.94. The zero-order chi connectivity index (χ0) is 48.2. The third-order valence-electron chi connectivity index (χ3n) is 11.4. The lowest BCUT2D eigenvalue weighted by atomic mass is 9.99. The van der Waals surface area contributed by atoms with Gasteiger partial charge in [0.1, 0.15) is 12.7 Å². The van der Waals surface area contributed by atoms with Gasteiger partial charge in [0.25, 0.3) is 0 Å². The summed E-state index contributed by atoms with van der Waals surface area (Å²) in [5.74, 6) is -0.369. The topological polar surface area (TPSA) is 210 Å². The van der Waals surface area contributed by atoms with Crippen LogP contribution in [0.15, 0.2) is 48.6 Å². The van der Waals surface area contributed by atoms with Crippen LogP contribution in [0.5, 0.6) is 0 Å². The van der Waals surface area contributed by atoms with Gasteiger partial charge in [0, 0.05) is 12.8 Å². The smallest absolute Gasteiger partial charge is 0.462 e. The molecule has 0 aromatic carbocycles. The second-order valence-electron chi connectivity index (χ2n) is 17.7. The molecule has 7 atom stereocenters. The van der Waals surface area contributed by atoms with Crippen LogP contribution in [0.4, 0.5) is 0 Å². The van der Waals surface area contributed by atoms with Crippen molar-refractivity contribution >= 4 is 19.8 Å². The average molecular weight is 945 g/mol. The number of carbonyl (C=O) groups is 2. The van der Waals surface area contributed by atoms with E-state index >= 15 is 0 Å². The van der Waals surface area contributed by atoms with E-state index in [2.05, 4.69) is 25.3 Å². The van der Waals surface area contributed by atoms with Crippen molar-refractivity contribution in [2.45, 2.75) is 231 Å². The number of ether oxygens (including phenoxy) is 2. The summed E-state index contributed by atoms with van der Waals surface area (Å²) >= 11 is 0. The van der Waals surface area contributed by atoms with Gasteiger partial charge in [-0.2, -0.15) is 0 Å². The van der Waals surface area contributed by atoms with E-state index in [1.165, 1.54) is 109 Å². The first-order valence-electron chi connectivity index (χ1n) is 25.3. The van der Waals surface area contributed by atoms with Crippen LogP contribution < -0.4 is 0 Å². The van der Waals surface area contributed by atoms with E-state index in [-0.39, 0.29) is 25.7 Å². The summed E-state index contributed by atoms with van der Waals surface area (Å²) in [4.78, 5) is 35.2. The fourth-order valence-corrected chi connectivity index (χ4v) is 7.73. The van der Waals surface area contributed by atoms with Gasteiger partial charge in [-0.3, -0.25) is 18.6 Å². The molecule has 0 aliphatic rings. The molecule has 380 valence electrons. The van der Waals surface area contributed by atoms with E-state index in [1.807, 2.05) is 0 Å². The number of allylic oxidation sites excluding steroid dienone is 6. The summed E-state index contributed by atoms with van der Waals surface area (Å²) in [7, 11) is -4.71. The molecule has 0 rings (SSSR count). The first-order chi connectivity index (χ1) is 31.3. The van der Waals surface area contributed by atoms with Gasteiger partial charge in [-0.25, -0.2) is 4.57 Å². The van der Waals surface area contributed by atoms with Gasteiger partial charge < -0.3 is 39.9 Å². The Morgan fingerprint density at radius 3 is 1.57 bits per heavy atom. The van der Waals surface area contributed by atoms with Crippen LogP contribution in [0.1, 0.15) is 201 Å². The number of hydrogen-bond donors (Lipinski definition) is 6. The largest absolute Gasteiger partial charge is 0.472 e. The molecule has 0 saturated carbocycles. The number of hydrogen-bond acceptors (Lipinski definition) is 12. The summed E-state index contributed by atoms with van der Waals surface area (Å²) in [6.45, 7) is 4.29. The molecule has 6 N–H and O–H groups in total. The Morgan fingerprint density at radius 1 is 0.554 bits per heavy atom. The van der Waals surface area contributed by atoms with Crippen molar-refractivity contribution in [3.8, 4) is 0 Å². The molecule has 14 heteroatoms. The molecular formula is C51H93O13P. The third-order valence-corrected chi connectivity index (χ3v) is 12.3. The maximum atomic E-state index is 12.7. The molecule has 2 unspecified atom stereocenters. The monoisotopic (exact) mass is 945 g/mol. The minimum Gasteiger partial charge on any atom is -0.462 e. The van der Waals surface area contributed by atoms with Gasteiger partial charge in [-0.15, -0.1) is 0 Å². The number of aliphatic hydroxyl groups is 5. The number of aliphatic hydroxyl groups excluding tert-OH is 5. The minimum absolute atomic E-state index is 0.0982. The molecule has 0 aliphatic heterocycles. The predicted octanol–water partition coefficient (Wildman–Crippen LogP) is 10.8. The van der Waals surface area contributed by atoms with E-state index in [9.17, 15) is 39.5 Å². The number of esters is 2. The molecule has 0 bridgehead atoms. The minimum atomic E-state index is -4.71. The fraction of sp³-hybridized carbons (Fsp3) is 0.804. The van der Waals surface area contributed by atoms with Crippen LogP contribution in [-0.2, 0) is 32.7 Å². The van der Waals surface area contributed by atoms with E-state index in [4.69, 9.17) is 19.1 Å². The van der Waals surface area contributed by atoms with Crippen molar-refractivity contribution < 1.29 is 63.1 Å². The molecule has 0 aliphatic carbocycles. The van der Waals surface area contributed by atoms with E-state index < -0.39 is 76.7 Å². The average Bonchev–Trinajstić information content (AvgIpc) is 3.29. The summed E-state index contributed by atoms with van der Waals surface area (Å²) in [6.07, 6.45) is 37.2. The lowest BCUT2D eigenvalue weighted by Gasteiger charge is -2.20. The van der Waals surface area contributed by atoms with E-state index in [0.29, 0.717) is 6.42 Å². The number of carbonyl (C=O) groups excluding carboxylic acids is 2. The molecule has 65 heavy (non-hydrogen) atoms. The van der Waals surface area contributed by atoms with Crippen LogP contribution in [0.2, 0.25) is 0 Å². The molecule has 13 nitrogen and oxygen atoms in total. The SMILES string of the molecule is CCCCC[C@@H](O)/C=C/C=C\C=C\C=C\[C@@H](O)[C@H](O)CCCC(=O)OC[C@H](COP(=O)(O)OC[C@@H](O)CO)OC(=O)CCCCCCCCCCCCCCCCCCCCC(C)CC. The normalized spacial score (nSPS) is 16.0. The zero-order valence-corrected chi connectivity index (χ0v) is 41.6. The van der Waals surface area contributed by atoms with Crippen molar-refractivity contribution in [3.63, 3.8) is 0 Å². The molecule has 0 fully saturated rings. The van der Waals surface area contributed by atoms with Crippen molar-refractivity contribution in [2.75, 3.05) is 26.4 Å². The lowest BCUT2D eigenvalue weighted by molar-refractivity contribution is -0.161. The summed E-state index contributed by atoms with van der Waals surface area (Å²) < 4.78 is 32.6. The van der Waals surface area contributed by atoms with E-state index in [0.717, 1.165) is 50.9 Å². The molecular weight excluding hydrogens is 852 g/mol. The van der Waals surface area contributed by atoms with Crippen LogP contribution in [0.25, 0.3) is 0 Å². The van der Waals surface area contributed by atoms with Crippen molar-refractivity contribution in [3.05, 3.63) is 48.6 Å². The molecule has 0 saturated heterocycles. The Hall–Kier alpha value is -2.19. The van der Waals surface area contributed by atoms with Crippen molar-refractivity contribution in [1.82, 2.24) is 0 Å². The Balaban J connectivity index is 4.44. The maximum Gasteiger partial charge on any atom is 0.472 e. The van der Waals surface area contributed by atoms with Gasteiger partial charge in [-0.1, -0.05) is 211 Å². The highest BCUT2D eigenvalue weighted by Crippen LogP contribution is 2.43. The Labute approximate surface area is 393 Å². The summed E-state index contributed by atoms with van der Waals surface area (Å²) in [5, 5.41) is 48.9. The highest BCUT2D eigenvalue weighted by molar-refractivity contribution is 7.47. The zero-order valence-electron chi connectivity index (χ0n) is 40.7. The van der Waals surface area contributed by atoms with Crippen LogP contribution >= 0.6 is 7.82 Å². The molecule has 0 heterocycles. The molecule has 0 aromatic heterocycles. The molecule has 0 aromatic rings. The Bertz CT molecular complexity index is 1290. The third kappa shape index (κ3) is 42.9. The van der Waals surface area contributed by atoms with Crippen molar-refractivity contribution in [1.29, 1.82) is 0 Å². The summed E-state index contributed by atoms with van der Waals surface area (Å²) in [5.41, 5.74) is 0. The second kappa shape index (κ2) is 44.3.